The summed E-state index contributed by atoms with van der Waals surface area (Å²) in [5.41, 5.74) is 1.81. The Balaban J connectivity index is 1.89. The van der Waals surface area contributed by atoms with Gasteiger partial charge in [0.25, 0.3) is 0 Å². The van der Waals surface area contributed by atoms with Crippen LogP contribution in [0, 0.1) is 11.6 Å². The summed E-state index contributed by atoms with van der Waals surface area (Å²) in [5.74, 6) is -0.669. The summed E-state index contributed by atoms with van der Waals surface area (Å²) in [6, 6.07) is 10.4. The molecule has 0 spiro atoms. The van der Waals surface area contributed by atoms with Gasteiger partial charge in [-0.2, -0.15) is 0 Å². The third kappa shape index (κ3) is 2.34. The Bertz CT molecular complexity index is 803. The second-order valence-corrected chi connectivity index (χ2v) is 4.62. The topological polar surface area (TPSA) is 37.8 Å². The molecule has 0 aliphatic heterocycles. The normalized spacial score (nSPS) is 11.1. The average molecular weight is 274 g/mol. The van der Waals surface area contributed by atoms with Crippen LogP contribution in [0.4, 0.5) is 8.78 Å². The van der Waals surface area contributed by atoms with Crippen LogP contribution in [0.5, 0.6) is 0 Å². The average Bonchev–Trinajstić information content (AvgIpc) is 2.73. The van der Waals surface area contributed by atoms with Gasteiger partial charge >= 0.3 is 5.69 Å². The second kappa shape index (κ2) is 4.92. The molecule has 0 fully saturated rings. The summed E-state index contributed by atoms with van der Waals surface area (Å²) in [6.45, 7) is 0.454. The molecule has 2 aromatic carbocycles. The lowest BCUT2D eigenvalue weighted by molar-refractivity contribution is 0.625. The predicted molar refractivity (Wildman–Crippen MR) is 72.6 cm³/mol. The van der Waals surface area contributed by atoms with E-state index >= 15 is 0 Å². The zero-order chi connectivity index (χ0) is 14.1. The van der Waals surface area contributed by atoms with Gasteiger partial charge in [0.05, 0.1) is 11.0 Å². The number of hydrogen-bond donors (Lipinski definition) is 1. The van der Waals surface area contributed by atoms with Crippen LogP contribution in [-0.4, -0.2) is 9.55 Å². The van der Waals surface area contributed by atoms with E-state index in [0.29, 0.717) is 24.0 Å². The quantitative estimate of drug-likeness (QED) is 0.783. The van der Waals surface area contributed by atoms with Crippen molar-refractivity contribution in [1.82, 2.24) is 9.55 Å². The third-order valence-corrected chi connectivity index (χ3v) is 3.27. The monoisotopic (exact) mass is 274 g/mol. The fourth-order valence-electron chi connectivity index (χ4n) is 2.25. The number of imidazole rings is 1. The van der Waals surface area contributed by atoms with Crippen LogP contribution >= 0.6 is 0 Å². The highest BCUT2D eigenvalue weighted by molar-refractivity contribution is 5.75. The molecule has 0 saturated heterocycles. The van der Waals surface area contributed by atoms with Gasteiger partial charge in [-0.25, -0.2) is 13.6 Å². The molecule has 3 nitrogen and oxygen atoms in total. The fourth-order valence-corrected chi connectivity index (χ4v) is 2.25. The number of halogens is 2. The van der Waals surface area contributed by atoms with Crippen molar-refractivity contribution in [3.8, 4) is 0 Å². The van der Waals surface area contributed by atoms with Gasteiger partial charge < -0.3 is 4.98 Å². The Morgan fingerprint density at radius 2 is 1.70 bits per heavy atom. The van der Waals surface area contributed by atoms with Crippen LogP contribution in [0.25, 0.3) is 11.0 Å². The van der Waals surface area contributed by atoms with E-state index in [0.717, 1.165) is 5.56 Å². The van der Waals surface area contributed by atoms with E-state index < -0.39 is 0 Å². The third-order valence-electron chi connectivity index (χ3n) is 3.27. The Kier molecular flexibility index (Phi) is 3.10. The van der Waals surface area contributed by atoms with Crippen molar-refractivity contribution in [3.05, 3.63) is 70.1 Å². The maximum atomic E-state index is 13.1. The molecular weight excluding hydrogens is 262 g/mol. The molecule has 0 bridgehead atoms. The van der Waals surface area contributed by atoms with Crippen LogP contribution in [0.1, 0.15) is 5.56 Å². The van der Waals surface area contributed by atoms with Gasteiger partial charge in [-0.1, -0.05) is 12.1 Å². The molecule has 1 aromatic heterocycles. The number of hydrogen-bond acceptors (Lipinski definition) is 1. The maximum Gasteiger partial charge on any atom is 0.326 e. The number of H-pyrrole nitrogens is 1. The van der Waals surface area contributed by atoms with Crippen LogP contribution in [0.2, 0.25) is 0 Å². The lowest BCUT2D eigenvalue weighted by atomic mass is 10.1. The molecule has 0 amide bonds. The number of benzene rings is 2. The van der Waals surface area contributed by atoms with Gasteiger partial charge in [0.15, 0.2) is 0 Å². The van der Waals surface area contributed by atoms with Gasteiger partial charge in [-0.3, -0.25) is 4.57 Å². The van der Waals surface area contributed by atoms with E-state index in [1.54, 1.807) is 22.8 Å². The molecule has 0 radical (unpaired) electrons. The molecule has 0 aliphatic rings. The van der Waals surface area contributed by atoms with Crippen molar-refractivity contribution in [2.24, 2.45) is 0 Å². The maximum absolute atomic E-state index is 13.1. The van der Waals surface area contributed by atoms with E-state index in [-0.39, 0.29) is 17.3 Å². The van der Waals surface area contributed by atoms with E-state index in [4.69, 9.17) is 0 Å². The number of aromatic amines is 1. The zero-order valence-corrected chi connectivity index (χ0v) is 10.6. The molecule has 0 atom stereocenters. The van der Waals surface area contributed by atoms with Gasteiger partial charge in [-0.05, 0) is 42.3 Å². The second-order valence-electron chi connectivity index (χ2n) is 4.62. The highest BCUT2D eigenvalue weighted by Gasteiger charge is 2.07. The van der Waals surface area contributed by atoms with Crippen molar-refractivity contribution in [2.45, 2.75) is 13.0 Å². The van der Waals surface area contributed by atoms with Gasteiger partial charge in [-0.15, -0.1) is 0 Å². The first-order chi connectivity index (χ1) is 9.63. The van der Waals surface area contributed by atoms with E-state index in [1.165, 1.54) is 24.3 Å². The molecule has 102 valence electrons. The Labute approximate surface area is 113 Å². The summed E-state index contributed by atoms with van der Waals surface area (Å²) < 4.78 is 27.5. The van der Waals surface area contributed by atoms with E-state index in [2.05, 4.69) is 4.98 Å². The first-order valence-corrected chi connectivity index (χ1v) is 6.26. The molecule has 1 N–H and O–H groups in total. The van der Waals surface area contributed by atoms with E-state index in [1.807, 2.05) is 0 Å². The van der Waals surface area contributed by atoms with Crippen LogP contribution < -0.4 is 5.69 Å². The highest BCUT2D eigenvalue weighted by Crippen LogP contribution is 2.13. The molecule has 5 heteroatoms. The number of nitrogens with one attached hydrogen (secondary N) is 1. The summed E-state index contributed by atoms with van der Waals surface area (Å²) in [5, 5.41) is 0. The number of rotatable bonds is 3. The van der Waals surface area contributed by atoms with Crippen LogP contribution in [-0.2, 0) is 13.0 Å². The molecule has 0 aliphatic carbocycles. The van der Waals surface area contributed by atoms with Gasteiger partial charge in [0.1, 0.15) is 11.6 Å². The first-order valence-electron chi connectivity index (χ1n) is 6.26. The molecule has 3 rings (SSSR count). The molecule has 3 aromatic rings. The van der Waals surface area contributed by atoms with Crippen molar-refractivity contribution in [3.63, 3.8) is 0 Å². The Morgan fingerprint density at radius 1 is 1.00 bits per heavy atom. The SMILES string of the molecule is O=c1[nH]c2cc(F)ccc2n1CCc1ccc(F)cc1. The lowest BCUT2D eigenvalue weighted by Crippen LogP contribution is -2.17. The summed E-state index contributed by atoms with van der Waals surface area (Å²) in [7, 11) is 0. The number of fused-ring (bicyclic) bond motifs is 1. The minimum Gasteiger partial charge on any atom is -0.305 e. The summed E-state index contributed by atoms with van der Waals surface area (Å²) >= 11 is 0. The van der Waals surface area contributed by atoms with Gasteiger partial charge in [0.2, 0.25) is 0 Å². The largest absolute Gasteiger partial charge is 0.326 e. The summed E-state index contributed by atoms with van der Waals surface area (Å²) in [4.78, 5) is 14.5. The Hall–Kier alpha value is -2.43. The molecule has 20 heavy (non-hydrogen) atoms. The smallest absolute Gasteiger partial charge is 0.305 e. The zero-order valence-electron chi connectivity index (χ0n) is 10.6. The number of nitrogens with zero attached hydrogens (tertiary/aromatic N) is 1. The summed E-state index contributed by atoms with van der Waals surface area (Å²) in [6.07, 6.45) is 0.602. The van der Waals surface area contributed by atoms with Crippen molar-refractivity contribution >= 4 is 11.0 Å². The van der Waals surface area contributed by atoms with Gasteiger partial charge in [0, 0.05) is 6.54 Å². The molecule has 0 saturated carbocycles. The van der Waals surface area contributed by atoms with Crippen LogP contribution in [0.3, 0.4) is 0 Å². The predicted octanol–water partition coefficient (Wildman–Crippen LogP) is 2.85. The minimum absolute atomic E-state index is 0.271. The van der Waals surface area contributed by atoms with Crippen LogP contribution in [0.15, 0.2) is 47.3 Å². The Morgan fingerprint density at radius 3 is 2.45 bits per heavy atom. The highest BCUT2D eigenvalue weighted by atomic mass is 19.1. The standard InChI is InChI=1S/C15H12F2N2O/c16-11-3-1-10(2-4-11)7-8-19-14-6-5-12(17)9-13(14)18-15(19)20/h1-6,9H,7-8H2,(H,18,20). The molecule has 1 heterocycles. The van der Waals surface area contributed by atoms with Crippen molar-refractivity contribution in [2.75, 3.05) is 0 Å². The number of aromatic nitrogens is 2. The fraction of sp³-hybridized carbons (Fsp3) is 0.133. The molecular formula is C15H12F2N2O. The van der Waals surface area contributed by atoms with Crippen molar-refractivity contribution in [1.29, 1.82) is 0 Å². The minimum atomic E-state index is -0.385. The van der Waals surface area contributed by atoms with E-state index in [9.17, 15) is 13.6 Å². The molecule has 0 unspecified atom stereocenters. The lowest BCUT2D eigenvalue weighted by Gasteiger charge is -2.04. The van der Waals surface area contributed by atoms with Crippen molar-refractivity contribution < 1.29 is 8.78 Å². The number of aryl methyl sites for hydroxylation is 2. The first kappa shape index (κ1) is 12.6.